The molecule has 1 aromatic heterocycles. The molecule has 3 aromatic rings. The number of nitriles is 1. The van der Waals surface area contributed by atoms with Gasteiger partial charge in [0, 0.05) is 41.9 Å². The highest BCUT2D eigenvalue weighted by atomic mass is 35.5. The van der Waals surface area contributed by atoms with Crippen molar-refractivity contribution in [1.29, 1.82) is 5.26 Å². The van der Waals surface area contributed by atoms with Crippen LogP contribution in [0.1, 0.15) is 13.8 Å². The van der Waals surface area contributed by atoms with Crippen LogP contribution in [0.5, 0.6) is 0 Å². The summed E-state index contributed by atoms with van der Waals surface area (Å²) in [6.45, 7) is 5.73. The fraction of sp³-hybridized carbons (Fsp3) is 0.280. The van der Waals surface area contributed by atoms with E-state index in [1.807, 2.05) is 36.5 Å². The van der Waals surface area contributed by atoms with E-state index in [-0.39, 0.29) is 18.0 Å². The zero-order chi connectivity index (χ0) is 24.1. The van der Waals surface area contributed by atoms with Crippen LogP contribution in [-0.4, -0.2) is 52.5 Å². The maximum Gasteiger partial charge on any atom is 0.321 e. The van der Waals surface area contributed by atoms with E-state index in [0.29, 0.717) is 36.3 Å². The summed E-state index contributed by atoms with van der Waals surface area (Å²) in [6.07, 6.45) is 3.68. The molecule has 0 saturated carbocycles. The molecule has 1 atom stereocenters. The minimum absolute atomic E-state index is 0.0302. The molecule has 8 nitrogen and oxygen atoms in total. The van der Waals surface area contributed by atoms with Crippen molar-refractivity contribution in [2.75, 3.05) is 30.3 Å². The van der Waals surface area contributed by atoms with Crippen LogP contribution in [0, 0.1) is 17.4 Å². The molecule has 34 heavy (non-hydrogen) atoms. The van der Waals surface area contributed by atoms with Crippen molar-refractivity contribution in [2.45, 2.75) is 19.9 Å². The molecule has 1 aliphatic rings. The summed E-state index contributed by atoms with van der Waals surface area (Å²) in [5, 5.41) is 17.2. The standard InChI is InChI=1S/C25H26ClN7O/c1-17(2)23-15-32(25(34)30-19-10-8-18(26)9-11-19)13-14-33(23)24(29-16-27)31-22-7-3-6-21-20(22)5-4-12-28-21/h3-12,17,23H,13-15H2,1-2H3,(H,29,31)(H,30,34)/t23-/m0/s1. The number of hydrogen-bond acceptors (Lipinski definition) is 4. The Bertz CT molecular complexity index is 1230. The maximum absolute atomic E-state index is 12.9. The van der Waals surface area contributed by atoms with Gasteiger partial charge in [0.1, 0.15) is 0 Å². The lowest BCUT2D eigenvalue weighted by atomic mass is 10.00. The quantitative estimate of drug-likeness (QED) is 0.315. The Morgan fingerprint density at radius 2 is 1.94 bits per heavy atom. The maximum atomic E-state index is 12.9. The first-order valence-electron chi connectivity index (χ1n) is 11.1. The van der Waals surface area contributed by atoms with Gasteiger partial charge in [-0.2, -0.15) is 5.26 Å². The number of anilines is 2. The average molecular weight is 476 g/mol. The first kappa shape index (κ1) is 23.3. The van der Waals surface area contributed by atoms with Crippen LogP contribution < -0.4 is 10.6 Å². The van der Waals surface area contributed by atoms with Crippen LogP contribution in [0.15, 0.2) is 65.8 Å². The molecule has 2 amide bonds. The van der Waals surface area contributed by atoms with Crippen molar-refractivity contribution in [1.82, 2.24) is 14.8 Å². The van der Waals surface area contributed by atoms with Crippen LogP contribution in [0.4, 0.5) is 16.2 Å². The minimum atomic E-state index is -0.167. The van der Waals surface area contributed by atoms with E-state index >= 15 is 0 Å². The number of nitrogens with zero attached hydrogens (tertiary/aromatic N) is 5. The second-order valence-electron chi connectivity index (χ2n) is 8.42. The molecule has 9 heteroatoms. The van der Waals surface area contributed by atoms with Crippen molar-refractivity contribution in [3.8, 4) is 6.19 Å². The molecule has 174 valence electrons. The highest BCUT2D eigenvalue weighted by Crippen LogP contribution is 2.24. The number of pyridine rings is 1. The lowest BCUT2D eigenvalue weighted by Gasteiger charge is -2.44. The van der Waals surface area contributed by atoms with Gasteiger partial charge in [-0.1, -0.05) is 31.5 Å². The summed E-state index contributed by atoms with van der Waals surface area (Å²) < 4.78 is 0. The fourth-order valence-electron chi connectivity index (χ4n) is 4.11. The number of guanidine groups is 1. The number of urea groups is 1. The van der Waals surface area contributed by atoms with Crippen LogP contribution in [0.2, 0.25) is 5.02 Å². The summed E-state index contributed by atoms with van der Waals surface area (Å²) in [5.41, 5.74) is 2.37. The second-order valence-corrected chi connectivity index (χ2v) is 8.86. The second kappa shape index (κ2) is 10.4. The van der Waals surface area contributed by atoms with E-state index in [1.165, 1.54) is 0 Å². The lowest BCUT2D eigenvalue weighted by Crippen LogP contribution is -2.60. The van der Waals surface area contributed by atoms with Crippen molar-refractivity contribution in [3.05, 3.63) is 65.8 Å². The molecule has 0 spiro atoms. The van der Waals surface area contributed by atoms with Gasteiger partial charge in [-0.25, -0.2) is 4.79 Å². The molecule has 1 saturated heterocycles. The monoisotopic (exact) mass is 475 g/mol. The lowest BCUT2D eigenvalue weighted by molar-refractivity contribution is 0.120. The highest BCUT2D eigenvalue weighted by molar-refractivity contribution is 6.30. The summed E-state index contributed by atoms with van der Waals surface area (Å²) in [6, 6.07) is 16.5. The van der Waals surface area contributed by atoms with Gasteiger partial charge < -0.3 is 20.4 Å². The van der Waals surface area contributed by atoms with Gasteiger partial charge in [-0.15, -0.1) is 4.99 Å². The number of hydrogen-bond donors (Lipinski definition) is 2. The third kappa shape index (κ3) is 5.21. The van der Waals surface area contributed by atoms with Gasteiger partial charge in [-0.05, 0) is 54.4 Å². The Morgan fingerprint density at radius 3 is 2.68 bits per heavy atom. The molecule has 0 aliphatic carbocycles. The number of amides is 2. The fourth-order valence-corrected chi connectivity index (χ4v) is 4.23. The third-order valence-electron chi connectivity index (χ3n) is 5.89. The summed E-state index contributed by atoms with van der Waals surface area (Å²) in [4.78, 5) is 25.3. The number of aliphatic imine (C=N–C) groups is 1. The van der Waals surface area contributed by atoms with Gasteiger partial charge in [0.2, 0.25) is 12.2 Å². The van der Waals surface area contributed by atoms with E-state index < -0.39 is 0 Å². The number of carbonyl (C=O) groups is 1. The first-order valence-corrected chi connectivity index (χ1v) is 11.5. The molecular formula is C25H26ClN7O. The largest absolute Gasteiger partial charge is 0.335 e. The molecule has 0 unspecified atom stereocenters. The van der Waals surface area contributed by atoms with E-state index in [1.54, 1.807) is 35.4 Å². The van der Waals surface area contributed by atoms with Crippen LogP contribution in [-0.2, 0) is 0 Å². The Morgan fingerprint density at radius 1 is 1.15 bits per heavy atom. The molecule has 2 aromatic carbocycles. The number of aromatic nitrogens is 1. The number of nitrogens with one attached hydrogen (secondary N) is 2. The van der Waals surface area contributed by atoms with Crippen molar-refractivity contribution in [3.63, 3.8) is 0 Å². The smallest absolute Gasteiger partial charge is 0.321 e. The first-order chi connectivity index (χ1) is 16.5. The predicted octanol–water partition coefficient (Wildman–Crippen LogP) is 5.01. The number of piperazine rings is 1. The van der Waals surface area contributed by atoms with Gasteiger partial charge in [-0.3, -0.25) is 4.98 Å². The van der Waals surface area contributed by atoms with Gasteiger partial charge in [0.15, 0.2) is 0 Å². The summed E-state index contributed by atoms with van der Waals surface area (Å²) >= 11 is 5.94. The molecule has 1 aliphatic heterocycles. The Kier molecular flexibility index (Phi) is 7.14. The number of benzene rings is 2. The molecule has 4 rings (SSSR count). The normalized spacial score (nSPS) is 16.4. The van der Waals surface area contributed by atoms with Gasteiger partial charge in [0.05, 0.1) is 17.2 Å². The predicted molar refractivity (Wildman–Crippen MR) is 136 cm³/mol. The van der Waals surface area contributed by atoms with E-state index in [2.05, 4.69) is 39.4 Å². The molecule has 2 N–H and O–H groups in total. The minimum Gasteiger partial charge on any atom is -0.335 e. The van der Waals surface area contributed by atoms with Crippen molar-refractivity contribution >= 4 is 45.9 Å². The number of fused-ring (bicyclic) bond motifs is 1. The SMILES string of the molecule is CC(C)[C@@H]1CN(C(=O)Nc2ccc(Cl)cc2)CCN1/C(=N\C#N)Nc1cccc2ncccc12. The van der Waals surface area contributed by atoms with E-state index in [0.717, 1.165) is 16.6 Å². The number of rotatable bonds is 3. The highest BCUT2D eigenvalue weighted by Gasteiger charge is 2.34. The number of carbonyl (C=O) groups excluding carboxylic acids is 1. The molecule has 0 radical (unpaired) electrons. The van der Waals surface area contributed by atoms with Gasteiger partial charge >= 0.3 is 6.03 Å². The summed E-state index contributed by atoms with van der Waals surface area (Å²) in [7, 11) is 0. The average Bonchev–Trinajstić information content (AvgIpc) is 2.85. The summed E-state index contributed by atoms with van der Waals surface area (Å²) in [5.74, 6) is 0.682. The van der Waals surface area contributed by atoms with Gasteiger partial charge in [0.25, 0.3) is 0 Å². The Hall–Kier alpha value is -3.83. The Labute approximate surface area is 203 Å². The molecule has 0 bridgehead atoms. The zero-order valence-corrected chi connectivity index (χ0v) is 19.8. The number of halogens is 1. The molecule has 1 fully saturated rings. The Balaban J connectivity index is 1.53. The molecule has 2 heterocycles. The van der Waals surface area contributed by atoms with E-state index in [4.69, 9.17) is 11.6 Å². The van der Waals surface area contributed by atoms with Crippen LogP contribution in [0.25, 0.3) is 10.9 Å². The van der Waals surface area contributed by atoms with Crippen LogP contribution in [0.3, 0.4) is 0 Å². The zero-order valence-electron chi connectivity index (χ0n) is 19.1. The molecular weight excluding hydrogens is 450 g/mol. The van der Waals surface area contributed by atoms with Crippen LogP contribution >= 0.6 is 11.6 Å². The van der Waals surface area contributed by atoms with E-state index in [9.17, 15) is 10.1 Å². The van der Waals surface area contributed by atoms with Crippen molar-refractivity contribution in [2.24, 2.45) is 10.9 Å². The third-order valence-corrected chi connectivity index (χ3v) is 6.14. The topological polar surface area (TPSA) is 96.7 Å². The van der Waals surface area contributed by atoms with Crippen molar-refractivity contribution < 1.29 is 4.79 Å².